The molecular formula is C3H10OS. The number of hydrogen-bond acceptors (Lipinski definition) is 1. The van der Waals surface area contributed by atoms with Crippen molar-refractivity contribution in [2.75, 3.05) is 18.8 Å². The van der Waals surface area contributed by atoms with E-state index in [2.05, 4.69) is 18.8 Å². The van der Waals surface area contributed by atoms with Gasteiger partial charge in [-0.3, -0.25) is 0 Å². The average molecular weight is 94.2 g/mol. The molecule has 0 aromatic heterocycles. The van der Waals surface area contributed by atoms with Crippen molar-refractivity contribution < 1.29 is 5.48 Å². The van der Waals surface area contributed by atoms with Gasteiger partial charge in [-0.15, -0.1) is 0 Å². The van der Waals surface area contributed by atoms with E-state index in [1.807, 2.05) is 0 Å². The zero-order chi connectivity index (χ0) is 3.58. The first-order valence-electron chi connectivity index (χ1n) is 1.22. The van der Waals surface area contributed by atoms with E-state index in [1.54, 1.807) is 0 Å². The van der Waals surface area contributed by atoms with Crippen molar-refractivity contribution in [2.24, 2.45) is 0 Å². The normalized spacial score (nSPS) is 7.20. The van der Waals surface area contributed by atoms with Gasteiger partial charge in [0, 0.05) is 0 Å². The van der Waals surface area contributed by atoms with E-state index in [-0.39, 0.29) is 5.48 Å². The van der Waals surface area contributed by atoms with Crippen molar-refractivity contribution in [1.29, 1.82) is 0 Å². The van der Waals surface area contributed by atoms with E-state index in [9.17, 15) is 0 Å². The Morgan fingerprint density at radius 3 is 1.00 bits per heavy atom. The van der Waals surface area contributed by atoms with E-state index in [1.165, 1.54) is 0 Å². The predicted octanol–water partition coefficient (Wildman–Crippen LogP) is 0.317. The molecule has 0 radical (unpaired) electrons. The highest BCUT2D eigenvalue weighted by Crippen LogP contribution is 1.63. The summed E-state index contributed by atoms with van der Waals surface area (Å²) in [6, 6.07) is 0. The molecule has 0 aliphatic rings. The smallest absolute Gasteiger partial charge is 0.0969 e. The highest BCUT2D eigenvalue weighted by atomic mass is 32.2. The average Bonchev–Trinajstić information content (AvgIpc) is 0.811. The number of hydrogen-bond donors (Lipinski definition) is 0. The third-order valence-electron chi connectivity index (χ3n) is 0. The summed E-state index contributed by atoms with van der Waals surface area (Å²) in [5.41, 5.74) is 0. The molecule has 1 N–H and O–H groups in total. The number of rotatable bonds is 0. The van der Waals surface area contributed by atoms with Crippen LogP contribution in [0.2, 0.25) is 0 Å². The third kappa shape index (κ3) is 239. The Balaban J connectivity index is 0. The highest BCUT2D eigenvalue weighted by Gasteiger charge is 1.77. The van der Waals surface area contributed by atoms with Crippen LogP contribution < -0.4 is 0 Å². The van der Waals surface area contributed by atoms with Gasteiger partial charge in [-0.1, -0.05) is 0 Å². The van der Waals surface area contributed by atoms with Gasteiger partial charge in [0.2, 0.25) is 0 Å². The van der Waals surface area contributed by atoms with E-state index < -0.39 is 0 Å². The molecule has 0 unspecified atom stereocenters. The highest BCUT2D eigenvalue weighted by molar-refractivity contribution is 7.94. The first kappa shape index (κ1) is 9.00. The molecule has 0 saturated carbocycles. The van der Waals surface area contributed by atoms with Crippen LogP contribution in [0.25, 0.3) is 0 Å². The van der Waals surface area contributed by atoms with Gasteiger partial charge in [0.15, 0.2) is 0 Å². The largest absolute Gasteiger partial charge is 0.870 e. The Labute approximate surface area is 36.0 Å². The van der Waals surface area contributed by atoms with Crippen LogP contribution in [0.5, 0.6) is 0 Å². The van der Waals surface area contributed by atoms with Crippen molar-refractivity contribution in [1.82, 2.24) is 0 Å². The van der Waals surface area contributed by atoms with E-state index in [4.69, 9.17) is 0 Å². The first-order valence-corrected chi connectivity index (χ1v) is 3.67. The standard InChI is InChI=1S/C3H9S.H2O/c1-4(2)3;/h1-3H3;1H2/q+1;/p-1. The molecule has 1 nitrogen and oxygen atoms in total. The van der Waals surface area contributed by atoms with Gasteiger partial charge in [-0.05, 0) is 10.9 Å². The Bertz CT molecular complexity index is 11.6. The lowest BCUT2D eigenvalue weighted by Crippen LogP contribution is -1.84. The van der Waals surface area contributed by atoms with Crippen molar-refractivity contribution in [3.63, 3.8) is 0 Å². The van der Waals surface area contributed by atoms with Crippen LogP contribution in [-0.2, 0) is 10.9 Å². The molecule has 0 aliphatic carbocycles. The topological polar surface area (TPSA) is 30.0 Å². The minimum Gasteiger partial charge on any atom is -0.870 e. The van der Waals surface area contributed by atoms with Gasteiger partial charge in [-0.2, -0.15) is 0 Å². The molecule has 34 valence electrons. The summed E-state index contributed by atoms with van der Waals surface area (Å²) in [5, 5.41) is 0. The predicted molar refractivity (Wildman–Crippen MR) is 27.1 cm³/mol. The molecule has 0 fully saturated rings. The van der Waals surface area contributed by atoms with E-state index >= 15 is 0 Å². The summed E-state index contributed by atoms with van der Waals surface area (Å²) in [6.07, 6.45) is 6.58. The van der Waals surface area contributed by atoms with Gasteiger partial charge in [0.1, 0.15) is 0 Å². The van der Waals surface area contributed by atoms with Gasteiger partial charge >= 0.3 is 0 Å². The van der Waals surface area contributed by atoms with Crippen LogP contribution in [0, 0.1) is 0 Å². The summed E-state index contributed by atoms with van der Waals surface area (Å²) in [4.78, 5) is 0. The first-order chi connectivity index (χ1) is 1.73. The quantitative estimate of drug-likeness (QED) is 0.397. The monoisotopic (exact) mass is 94.0 g/mol. The van der Waals surface area contributed by atoms with Gasteiger partial charge < -0.3 is 5.48 Å². The second kappa shape index (κ2) is 4.31. The zero-order valence-corrected chi connectivity index (χ0v) is 4.67. The second-order valence-electron chi connectivity index (χ2n) is 1.22. The van der Waals surface area contributed by atoms with Crippen LogP contribution in [0.1, 0.15) is 0 Å². The molecule has 0 amide bonds. The summed E-state index contributed by atoms with van der Waals surface area (Å²) in [5.74, 6) is 0. The SMILES string of the molecule is C[S+](C)C.[OH-]. The molecule has 0 aliphatic heterocycles. The van der Waals surface area contributed by atoms with Crippen molar-refractivity contribution in [2.45, 2.75) is 0 Å². The van der Waals surface area contributed by atoms with Crippen molar-refractivity contribution >= 4 is 10.9 Å². The Kier molecular flexibility index (Phi) is 7.76. The van der Waals surface area contributed by atoms with Crippen LogP contribution in [0.15, 0.2) is 0 Å². The maximum absolute atomic E-state index is 2.19. The molecule has 0 saturated heterocycles. The minimum atomic E-state index is 0. The lowest BCUT2D eigenvalue weighted by atomic mass is 11.9. The molecule has 0 rings (SSSR count). The van der Waals surface area contributed by atoms with Gasteiger partial charge in [-0.25, -0.2) is 0 Å². The molecule has 5 heavy (non-hydrogen) atoms. The summed E-state index contributed by atoms with van der Waals surface area (Å²) in [7, 11) is 0.639. The molecule has 0 bridgehead atoms. The fourth-order valence-electron chi connectivity index (χ4n) is 0. The molecule has 0 aromatic rings. The molecule has 0 aromatic carbocycles. The molecule has 0 heterocycles. The summed E-state index contributed by atoms with van der Waals surface area (Å²) in [6.45, 7) is 0. The molecule has 0 atom stereocenters. The van der Waals surface area contributed by atoms with Crippen molar-refractivity contribution in [3.05, 3.63) is 0 Å². The lowest BCUT2D eigenvalue weighted by molar-refractivity contribution is 0.824. The maximum atomic E-state index is 2.19. The Morgan fingerprint density at radius 1 is 1.00 bits per heavy atom. The van der Waals surface area contributed by atoms with Crippen LogP contribution in [0.3, 0.4) is 0 Å². The van der Waals surface area contributed by atoms with Gasteiger partial charge in [0.25, 0.3) is 0 Å². The fourth-order valence-corrected chi connectivity index (χ4v) is 0. The Hall–Kier alpha value is 0.310. The summed E-state index contributed by atoms with van der Waals surface area (Å²) >= 11 is 0. The van der Waals surface area contributed by atoms with Crippen LogP contribution in [-0.4, -0.2) is 24.2 Å². The fraction of sp³-hybridized carbons (Fsp3) is 1.00. The van der Waals surface area contributed by atoms with Crippen LogP contribution >= 0.6 is 0 Å². The minimum absolute atomic E-state index is 0. The van der Waals surface area contributed by atoms with Crippen LogP contribution in [0.4, 0.5) is 0 Å². The third-order valence-corrected chi connectivity index (χ3v) is 0. The molecule has 0 spiro atoms. The molecular weight excluding hydrogens is 84.1 g/mol. The maximum Gasteiger partial charge on any atom is 0.0969 e. The van der Waals surface area contributed by atoms with E-state index in [0.717, 1.165) is 0 Å². The van der Waals surface area contributed by atoms with E-state index in [0.29, 0.717) is 10.9 Å². The second-order valence-corrected chi connectivity index (χ2v) is 3.67. The van der Waals surface area contributed by atoms with Gasteiger partial charge in [0.05, 0.1) is 18.8 Å². The van der Waals surface area contributed by atoms with Crippen molar-refractivity contribution in [3.8, 4) is 0 Å². The summed E-state index contributed by atoms with van der Waals surface area (Å²) < 4.78 is 0. The lowest BCUT2D eigenvalue weighted by Gasteiger charge is -1.69. The zero-order valence-electron chi connectivity index (χ0n) is 3.86. The molecule has 2 heteroatoms. The Morgan fingerprint density at radius 2 is 1.00 bits per heavy atom.